The number of methoxy groups -OCH3 is 1. The SMILES string of the molecule is COc1ccc(CCCN)cc1Cn1nc(C)cc1C. The lowest BCUT2D eigenvalue weighted by atomic mass is 10.1. The fraction of sp³-hybridized carbons (Fsp3) is 0.438. The number of nitrogens with two attached hydrogens (primary N) is 1. The van der Waals surface area contributed by atoms with Crippen LogP contribution >= 0.6 is 0 Å². The average Bonchev–Trinajstić information content (AvgIpc) is 2.75. The lowest BCUT2D eigenvalue weighted by Gasteiger charge is -2.12. The lowest BCUT2D eigenvalue weighted by Crippen LogP contribution is -2.06. The van der Waals surface area contributed by atoms with Gasteiger partial charge in [0.2, 0.25) is 0 Å². The summed E-state index contributed by atoms with van der Waals surface area (Å²) in [5.74, 6) is 0.911. The van der Waals surface area contributed by atoms with Gasteiger partial charge < -0.3 is 10.5 Å². The summed E-state index contributed by atoms with van der Waals surface area (Å²) >= 11 is 0. The molecule has 2 N–H and O–H groups in total. The predicted octanol–water partition coefficient (Wildman–Crippen LogP) is 2.45. The zero-order valence-corrected chi connectivity index (χ0v) is 12.5. The molecule has 4 heteroatoms. The molecule has 4 nitrogen and oxygen atoms in total. The molecule has 0 aliphatic rings. The third-order valence-corrected chi connectivity index (χ3v) is 3.44. The van der Waals surface area contributed by atoms with Crippen LogP contribution in [0.25, 0.3) is 0 Å². The molecule has 0 unspecified atom stereocenters. The topological polar surface area (TPSA) is 53.1 Å². The van der Waals surface area contributed by atoms with Crippen LogP contribution in [0.2, 0.25) is 0 Å². The first-order valence-electron chi connectivity index (χ1n) is 7.01. The van der Waals surface area contributed by atoms with E-state index < -0.39 is 0 Å². The molecule has 0 bridgehead atoms. The molecule has 20 heavy (non-hydrogen) atoms. The summed E-state index contributed by atoms with van der Waals surface area (Å²) in [7, 11) is 1.71. The largest absolute Gasteiger partial charge is 0.496 e. The van der Waals surface area contributed by atoms with Gasteiger partial charge in [0, 0.05) is 11.3 Å². The van der Waals surface area contributed by atoms with Gasteiger partial charge in [0.25, 0.3) is 0 Å². The molecule has 2 aromatic rings. The molecule has 2 rings (SSSR count). The average molecular weight is 273 g/mol. The molecule has 0 amide bonds. The van der Waals surface area contributed by atoms with Gasteiger partial charge in [0.15, 0.2) is 0 Å². The minimum Gasteiger partial charge on any atom is -0.496 e. The normalized spacial score (nSPS) is 10.8. The quantitative estimate of drug-likeness (QED) is 0.879. The molecule has 0 radical (unpaired) electrons. The third kappa shape index (κ3) is 3.39. The molecule has 0 aliphatic heterocycles. The van der Waals surface area contributed by atoms with E-state index in [4.69, 9.17) is 10.5 Å². The summed E-state index contributed by atoms with van der Waals surface area (Å²) in [6.07, 6.45) is 2.01. The Morgan fingerprint density at radius 1 is 1.25 bits per heavy atom. The molecular formula is C16H23N3O. The Balaban J connectivity index is 2.26. The van der Waals surface area contributed by atoms with Crippen LogP contribution in [-0.2, 0) is 13.0 Å². The minimum absolute atomic E-state index is 0.721. The van der Waals surface area contributed by atoms with E-state index in [1.807, 2.05) is 17.7 Å². The van der Waals surface area contributed by atoms with Crippen molar-refractivity contribution < 1.29 is 4.74 Å². The lowest BCUT2D eigenvalue weighted by molar-refractivity contribution is 0.407. The highest BCUT2D eigenvalue weighted by atomic mass is 16.5. The van der Waals surface area contributed by atoms with Crippen LogP contribution in [0.15, 0.2) is 24.3 Å². The number of ether oxygens (including phenoxy) is 1. The van der Waals surface area contributed by atoms with E-state index in [2.05, 4.69) is 30.2 Å². The van der Waals surface area contributed by atoms with Gasteiger partial charge in [0.1, 0.15) is 5.75 Å². The standard InChI is InChI=1S/C16H23N3O/c1-12-9-13(2)19(18-12)11-15-10-14(5-4-8-17)6-7-16(15)20-3/h6-7,9-10H,4-5,8,11,17H2,1-3H3. The number of hydrogen-bond donors (Lipinski definition) is 1. The van der Waals surface area contributed by atoms with Gasteiger partial charge in [-0.1, -0.05) is 12.1 Å². The number of hydrogen-bond acceptors (Lipinski definition) is 3. The Kier molecular flexibility index (Phi) is 4.79. The van der Waals surface area contributed by atoms with Crippen molar-refractivity contribution in [1.82, 2.24) is 9.78 Å². The predicted molar refractivity (Wildman–Crippen MR) is 81.2 cm³/mol. The Morgan fingerprint density at radius 2 is 2.05 bits per heavy atom. The number of aryl methyl sites for hydroxylation is 3. The van der Waals surface area contributed by atoms with Crippen LogP contribution in [0, 0.1) is 13.8 Å². The van der Waals surface area contributed by atoms with E-state index in [-0.39, 0.29) is 0 Å². The maximum Gasteiger partial charge on any atom is 0.123 e. The first-order chi connectivity index (χ1) is 9.63. The molecule has 1 heterocycles. The van der Waals surface area contributed by atoms with Gasteiger partial charge in [-0.2, -0.15) is 5.10 Å². The van der Waals surface area contributed by atoms with Crippen molar-refractivity contribution in [1.29, 1.82) is 0 Å². The van der Waals surface area contributed by atoms with Crippen molar-refractivity contribution in [2.24, 2.45) is 5.73 Å². The summed E-state index contributed by atoms with van der Waals surface area (Å²) in [4.78, 5) is 0. The highest BCUT2D eigenvalue weighted by molar-refractivity contribution is 5.37. The van der Waals surface area contributed by atoms with Crippen molar-refractivity contribution in [2.75, 3.05) is 13.7 Å². The first kappa shape index (κ1) is 14.6. The van der Waals surface area contributed by atoms with Gasteiger partial charge >= 0.3 is 0 Å². The smallest absolute Gasteiger partial charge is 0.123 e. The second-order valence-corrected chi connectivity index (χ2v) is 5.12. The number of benzene rings is 1. The monoisotopic (exact) mass is 273 g/mol. The molecule has 1 aromatic carbocycles. The zero-order valence-electron chi connectivity index (χ0n) is 12.5. The summed E-state index contributed by atoms with van der Waals surface area (Å²) in [5, 5.41) is 4.51. The van der Waals surface area contributed by atoms with Crippen molar-refractivity contribution in [3.05, 3.63) is 46.8 Å². The molecular weight excluding hydrogens is 250 g/mol. The van der Waals surface area contributed by atoms with E-state index in [9.17, 15) is 0 Å². The number of rotatable bonds is 6. The Bertz CT molecular complexity index is 575. The van der Waals surface area contributed by atoms with E-state index in [0.29, 0.717) is 0 Å². The molecule has 1 aromatic heterocycles. The van der Waals surface area contributed by atoms with Crippen molar-refractivity contribution in [3.63, 3.8) is 0 Å². The van der Waals surface area contributed by atoms with Crippen LogP contribution < -0.4 is 10.5 Å². The van der Waals surface area contributed by atoms with Crippen molar-refractivity contribution in [2.45, 2.75) is 33.2 Å². The molecule has 0 saturated carbocycles. The van der Waals surface area contributed by atoms with Gasteiger partial charge in [-0.25, -0.2) is 0 Å². The van der Waals surface area contributed by atoms with Crippen LogP contribution in [0.5, 0.6) is 5.75 Å². The molecule has 0 aliphatic carbocycles. The fourth-order valence-corrected chi connectivity index (χ4v) is 2.41. The van der Waals surface area contributed by atoms with E-state index in [1.165, 1.54) is 5.56 Å². The van der Waals surface area contributed by atoms with E-state index in [1.54, 1.807) is 7.11 Å². The molecule has 0 spiro atoms. The number of aromatic nitrogens is 2. The maximum absolute atomic E-state index is 5.58. The number of nitrogens with zero attached hydrogens (tertiary/aromatic N) is 2. The van der Waals surface area contributed by atoms with E-state index in [0.717, 1.165) is 48.6 Å². The fourth-order valence-electron chi connectivity index (χ4n) is 2.41. The molecule has 108 valence electrons. The van der Waals surface area contributed by atoms with Crippen molar-refractivity contribution in [3.8, 4) is 5.75 Å². The summed E-state index contributed by atoms with van der Waals surface area (Å²) in [6.45, 7) is 5.54. The van der Waals surface area contributed by atoms with Gasteiger partial charge in [0.05, 0.1) is 19.3 Å². The van der Waals surface area contributed by atoms with E-state index >= 15 is 0 Å². The first-order valence-corrected chi connectivity index (χ1v) is 7.01. The second-order valence-electron chi connectivity index (χ2n) is 5.12. The van der Waals surface area contributed by atoms with Crippen LogP contribution in [-0.4, -0.2) is 23.4 Å². The summed E-state index contributed by atoms with van der Waals surface area (Å²) in [6, 6.07) is 8.43. The third-order valence-electron chi connectivity index (χ3n) is 3.44. The maximum atomic E-state index is 5.58. The van der Waals surface area contributed by atoms with Crippen LogP contribution in [0.1, 0.15) is 28.9 Å². The van der Waals surface area contributed by atoms with Gasteiger partial charge in [-0.3, -0.25) is 4.68 Å². The molecule has 0 atom stereocenters. The van der Waals surface area contributed by atoms with Crippen LogP contribution in [0.4, 0.5) is 0 Å². The second kappa shape index (κ2) is 6.57. The summed E-state index contributed by atoms with van der Waals surface area (Å²) in [5.41, 5.74) is 10.2. The Morgan fingerprint density at radius 3 is 2.65 bits per heavy atom. The Labute approximate surface area is 120 Å². The van der Waals surface area contributed by atoms with Crippen molar-refractivity contribution >= 4 is 0 Å². The molecule has 0 fully saturated rings. The van der Waals surface area contributed by atoms with Gasteiger partial charge in [-0.05, 0) is 50.9 Å². The minimum atomic E-state index is 0.721. The zero-order chi connectivity index (χ0) is 14.5. The summed E-state index contributed by atoms with van der Waals surface area (Å²) < 4.78 is 7.47. The van der Waals surface area contributed by atoms with Crippen LogP contribution in [0.3, 0.4) is 0 Å². The molecule has 0 saturated heterocycles. The Hall–Kier alpha value is -1.81. The van der Waals surface area contributed by atoms with Gasteiger partial charge in [-0.15, -0.1) is 0 Å². The highest BCUT2D eigenvalue weighted by Gasteiger charge is 2.08. The highest BCUT2D eigenvalue weighted by Crippen LogP contribution is 2.22.